The fourth-order valence-electron chi connectivity index (χ4n) is 0. The molecule has 0 unspecified atom stereocenters. The summed E-state index contributed by atoms with van der Waals surface area (Å²) in [6.45, 7) is 2.96. The van der Waals surface area contributed by atoms with Crippen molar-refractivity contribution in [2.24, 2.45) is 0 Å². The molecule has 0 bridgehead atoms. The van der Waals surface area contributed by atoms with Gasteiger partial charge in [0.15, 0.2) is 0 Å². The zero-order valence-electron chi connectivity index (χ0n) is 4.35. The molecule has 0 rings (SSSR count). The van der Waals surface area contributed by atoms with Crippen LogP contribution in [0, 0.1) is 0 Å². The molecule has 0 fully saturated rings. The van der Waals surface area contributed by atoms with E-state index < -0.39 is 17.3 Å². The molecule has 0 saturated carbocycles. The maximum atomic E-state index is 9.25. The van der Waals surface area contributed by atoms with Gasteiger partial charge in [-0.1, -0.05) is 6.58 Å². The van der Waals surface area contributed by atoms with E-state index in [1.54, 1.807) is 0 Å². The van der Waals surface area contributed by atoms with E-state index in [4.69, 9.17) is 18.4 Å². The molecule has 0 atom stereocenters. The van der Waals surface area contributed by atoms with Crippen molar-refractivity contribution < 1.29 is 23.2 Å². The lowest BCUT2D eigenvalue weighted by Crippen LogP contribution is -1.82. The fourth-order valence-corrected chi connectivity index (χ4v) is 0. The summed E-state index contributed by atoms with van der Waals surface area (Å²) in [5.41, 5.74) is 0. The van der Waals surface area contributed by atoms with E-state index in [-0.39, 0.29) is 0 Å². The van der Waals surface area contributed by atoms with Crippen molar-refractivity contribution in [3.8, 4) is 0 Å². The number of carboxylic acids is 1. The molecule has 0 aliphatic rings. The fraction of sp³-hybridized carbons (Fsp3) is 0. The lowest BCUT2D eigenvalue weighted by molar-refractivity contribution is -0.131. The molecule has 0 aromatic heterocycles. The van der Waals surface area contributed by atoms with Gasteiger partial charge in [-0.3, -0.25) is 9.11 Å². The van der Waals surface area contributed by atoms with Crippen LogP contribution in [-0.4, -0.2) is 24.4 Å². The number of carbonyl (C=O) groups is 1. The summed E-state index contributed by atoms with van der Waals surface area (Å²) in [5.74, 6) is -0.981. The van der Waals surface area contributed by atoms with Crippen molar-refractivity contribution in [3.63, 3.8) is 0 Å². The first-order valence-corrected chi connectivity index (χ1v) is 2.72. The first-order valence-electron chi connectivity index (χ1n) is 1.66. The third-order valence-corrected chi connectivity index (χ3v) is 0.175. The van der Waals surface area contributed by atoms with Crippen molar-refractivity contribution >= 4 is 17.3 Å². The van der Waals surface area contributed by atoms with E-state index in [1.165, 1.54) is 0 Å². The molecule has 0 aromatic rings. The molecular weight excluding hydrogens is 148 g/mol. The van der Waals surface area contributed by atoms with Crippen molar-refractivity contribution in [1.82, 2.24) is 0 Å². The third kappa shape index (κ3) is 124. The number of carboxylic acid groups (broad SMARTS) is 1. The van der Waals surface area contributed by atoms with Gasteiger partial charge in [-0.05, 0) is 0 Å². The Bertz CT molecular complexity index is 115. The van der Waals surface area contributed by atoms with E-state index in [1.807, 2.05) is 0 Å². The third-order valence-electron chi connectivity index (χ3n) is 0.175. The SMILES string of the molecule is C=CC(=O)O.O=S(O)O. The smallest absolute Gasteiger partial charge is 0.327 e. The molecule has 0 aliphatic carbocycles. The van der Waals surface area contributed by atoms with Crippen LogP contribution in [0.5, 0.6) is 0 Å². The van der Waals surface area contributed by atoms with E-state index in [9.17, 15) is 4.79 Å². The second-order valence-corrected chi connectivity index (χ2v) is 1.23. The second kappa shape index (κ2) is 7.28. The maximum absolute atomic E-state index is 9.25. The van der Waals surface area contributed by atoms with Crippen LogP contribution in [0.15, 0.2) is 12.7 Å². The lowest BCUT2D eigenvalue weighted by Gasteiger charge is -1.64. The van der Waals surface area contributed by atoms with Crippen molar-refractivity contribution in [1.29, 1.82) is 0 Å². The highest BCUT2D eigenvalue weighted by Crippen LogP contribution is 1.54. The minimum atomic E-state index is -2.61. The molecule has 9 heavy (non-hydrogen) atoms. The number of hydrogen-bond donors (Lipinski definition) is 3. The molecule has 0 radical (unpaired) electrons. The van der Waals surface area contributed by atoms with Gasteiger partial charge in [0, 0.05) is 6.08 Å². The Morgan fingerprint density at radius 1 is 1.56 bits per heavy atom. The molecule has 0 amide bonds. The van der Waals surface area contributed by atoms with Gasteiger partial charge in [0.05, 0.1) is 0 Å². The van der Waals surface area contributed by atoms with E-state index in [2.05, 4.69) is 6.58 Å². The molecule has 54 valence electrons. The second-order valence-electron chi connectivity index (χ2n) is 0.773. The molecule has 6 heteroatoms. The van der Waals surface area contributed by atoms with Crippen LogP contribution < -0.4 is 0 Å². The predicted molar refractivity (Wildman–Crippen MR) is 31.2 cm³/mol. The molecule has 0 aliphatic heterocycles. The number of aliphatic carboxylic acids is 1. The average molecular weight is 154 g/mol. The van der Waals surface area contributed by atoms with Crippen molar-refractivity contribution in [3.05, 3.63) is 12.7 Å². The van der Waals surface area contributed by atoms with Gasteiger partial charge >= 0.3 is 5.97 Å². The Morgan fingerprint density at radius 3 is 1.67 bits per heavy atom. The molecule has 5 nitrogen and oxygen atoms in total. The minimum Gasteiger partial charge on any atom is -0.478 e. The monoisotopic (exact) mass is 154 g/mol. The predicted octanol–water partition coefficient (Wildman–Crippen LogP) is -0.0619. The van der Waals surface area contributed by atoms with E-state index in [0.29, 0.717) is 0 Å². The van der Waals surface area contributed by atoms with Gasteiger partial charge in [0.2, 0.25) is 0 Å². The summed E-state index contributed by atoms with van der Waals surface area (Å²) in [6, 6.07) is 0. The summed E-state index contributed by atoms with van der Waals surface area (Å²) in [6.07, 6.45) is 0.833. The van der Waals surface area contributed by atoms with Crippen LogP contribution in [-0.2, 0) is 16.2 Å². The number of rotatable bonds is 1. The van der Waals surface area contributed by atoms with Crippen LogP contribution in [0.25, 0.3) is 0 Å². The van der Waals surface area contributed by atoms with Gasteiger partial charge < -0.3 is 5.11 Å². The van der Waals surface area contributed by atoms with Crippen LogP contribution in [0.2, 0.25) is 0 Å². The highest BCUT2D eigenvalue weighted by molar-refractivity contribution is 7.73. The number of hydrogen-bond acceptors (Lipinski definition) is 2. The van der Waals surface area contributed by atoms with Crippen LogP contribution in [0.4, 0.5) is 0 Å². The quantitative estimate of drug-likeness (QED) is 0.363. The molecule has 0 heterocycles. The van der Waals surface area contributed by atoms with Crippen LogP contribution in [0.3, 0.4) is 0 Å². The van der Waals surface area contributed by atoms with Crippen LogP contribution in [0.1, 0.15) is 0 Å². The first-order chi connectivity index (χ1) is 4.00. The zero-order chi connectivity index (χ0) is 7.86. The van der Waals surface area contributed by atoms with Gasteiger partial charge in [-0.15, -0.1) is 0 Å². The van der Waals surface area contributed by atoms with Gasteiger partial charge in [-0.25, -0.2) is 4.79 Å². The Morgan fingerprint density at radius 2 is 1.67 bits per heavy atom. The average Bonchev–Trinajstić information content (AvgIpc) is 1.65. The molecule has 0 saturated heterocycles. The minimum absolute atomic E-state index is 0.833. The Hall–Kier alpha value is -0.720. The van der Waals surface area contributed by atoms with Gasteiger partial charge in [0.1, 0.15) is 0 Å². The largest absolute Gasteiger partial charge is 0.478 e. The highest BCUT2D eigenvalue weighted by Gasteiger charge is 1.73. The topological polar surface area (TPSA) is 94.8 Å². The summed E-state index contributed by atoms with van der Waals surface area (Å²) in [4.78, 5) is 9.25. The Kier molecular flexibility index (Phi) is 9.00. The summed E-state index contributed by atoms with van der Waals surface area (Å²) in [5, 5.41) is 7.60. The van der Waals surface area contributed by atoms with Gasteiger partial charge in [0.25, 0.3) is 11.4 Å². The molecule has 0 aromatic carbocycles. The van der Waals surface area contributed by atoms with Gasteiger partial charge in [-0.2, -0.15) is 4.21 Å². The zero-order valence-corrected chi connectivity index (χ0v) is 5.17. The molecular formula is C3H6O5S. The summed E-state index contributed by atoms with van der Waals surface area (Å²) in [7, 11) is 0. The van der Waals surface area contributed by atoms with Crippen LogP contribution >= 0.6 is 0 Å². The Labute approximate surface area is 54.1 Å². The molecule has 0 spiro atoms. The normalized spacial score (nSPS) is 7.44. The standard InChI is InChI=1S/C3H4O2.H2O3S/c1-2-3(4)5;1-4(2)3/h2H,1H2,(H,4,5);(H2,1,2,3). The summed E-state index contributed by atoms with van der Waals surface area (Å²) < 4.78 is 22.8. The summed E-state index contributed by atoms with van der Waals surface area (Å²) >= 11 is -2.61. The van der Waals surface area contributed by atoms with Crippen molar-refractivity contribution in [2.45, 2.75) is 0 Å². The van der Waals surface area contributed by atoms with E-state index >= 15 is 0 Å². The van der Waals surface area contributed by atoms with Crippen molar-refractivity contribution in [2.75, 3.05) is 0 Å². The highest BCUT2D eigenvalue weighted by atomic mass is 32.2. The Balaban J connectivity index is 0. The molecule has 3 N–H and O–H groups in total. The van der Waals surface area contributed by atoms with E-state index in [0.717, 1.165) is 6.08 Å². The maximum Gasteiger partial charge on any atom is 0.327 e. The first kappa shape index (κ1) is 11.1. The lowest BCUT2D eigenvalue weighted by atomic mass is 10.7.